The first-order chi connectivity index (χ1) is 4.73. The Morgan fingerprint density at radius 2 is 1.64 bits per heavy atom. The van der Waals surface area contributed by atoms with E-state index in [1.54, 1.807) is 6.21 Å². The Bertz CT molecular complexity index is 144. The molecule has 0 spiro atoms. The Morgan fingerprint density at radius 3 is 1.73 bits per heavy atom. The lowest BCUT2D eigenvalue weighted by Crippen LogP contribution is -2.41. The molecule has 1 N–H and O–H groups in total. The van der Waals surface area contributed by atoms with Crippen LogP contribution in [0.5, 0.6) is 0 Å². The van der Waals surface area contributed by atoms with Crippen molar-refractivity contribution in [1.29, 1.82) is 5.41 Å². The van der Waals surface area contributed by atoms with E-state index in [1.165, 1.54) is 0 Å². The van der Waals surface area contributed by atoms with E-state index in [1.807, 2.05) is 0 Å². The molecule has 0 aromatic rings. The molecule has 0 bridgehead atoms. The fourth-order valence-corrected chi connectivity index (χ4v) is 2.67. The Hall–Kier alpha value is -0.113. The average molecular weight is 171 g/mol. The predicted molar refractivity (Wildman–Crippen MR) is 55.4 cm³/mol. The maximum Gasteiger partial charge on any atom is 0.0613 e. The summed E-state index contributed by atoms with van der Waals surface area (Å²) in [6, 6.07) is 0. The zero-order valence-corrected chi connectivity index (χ0v) is 9.65. The van der Waals surface area contributed by atoms with Crippen LogP contribution in [-0.4, -0.2) is 14.3 Å². The molecule has 11 heavy (non-hydrogen) atoms. The van der Waals surface area contributed by atoms with Gasteiger partial charge in [-0.05, 0) is 16.8 Å². The van der Waals surface area contributed by atoms with Crippen molar-refractivity contribution in [1.82, 2.24) is 0 Å². The normalized spacial score (nSPS) is 16.2. The molecule has 66 valence electrons. The van der Waals surface area contributed by atoms with Crippen molar-refractivity contribution in [2.45, 2.75) is 51.4 Å². The molecule has 1 atom stereocenters. The summed E-state index contributed by atoms with van der Waals surface area (Å²) >= 11 is 0. The molecule has 2 heteroatoms. The largest absolute Gasteiger partial charge is 0.313 e. The van der Waals surface area contributed by atoms with Gasteiger partial charge in [-0.2, -0.15) is 0 Å². The van der Waals surface area contributed by atoms with E-state index in [2.05, 4.69) is 40.8 Å². The molecule has 0 aromatic heterocycles. The lowest BCUT2D eigenvalue weighted by molar-refractivity contribution is 0.709. The predicted octanol–water partition coefficient (Wildman–Crippen LogP) is 3.53. The lowest BCUT2D eigenvalue weighted by Gasteiger charge is -2.40. The smallest absolute Gasteiger partial charge is 0.0613 e. The van der Waals surface area contributed by atoms with Crippen LogP contribution in [0.3, 0.4) is 0 Å². The highest BCUT2D eigenvalue weighted by Crippen LogP contribution is 2.42. The minimum atomic E-state index is -1.25. The van der Waals surface area contributed by atoms with Crippen LogP contribution in [0.1, 0.15) is 27.7 Å². The van der Waals surface area contributed by atoms with Crippen LogP contribution in [0.2, 0.25) is 23.7 Å². The first kappa shape index (κ1) is 10.9. The van der Waals surface area contributed by atoms with E-state index in [4.69, 9.17) is 5.41 Å². The Balaban J connectivity index is 4.58. The monoisotopic (exact) mass is 171 g/mol. The molecule has 0 saturated carbocycles. The molecular weight excluding hydrogens is 150 g/mol. The SMILES string of the molecule is CC(C=N)[Si](C)(C)C(C)(C)C. The van der Waals surface area contributed by atoms with Gasteiger partial charge >= 0.3 is 0 Å². The Labute approximate surface area is 71.7 Å². The maximum absolute atomic E-state index is 7.25. The molecule has 1 nitrogen and oxygen atoms in total. The summed E-state index contributed by atoms with van der Waals surface area (Å²) < 4.78 is 0. The van der Waals surface area contributed by atoms with Crippen molar-refractivity contribution >= 4 is 14.3 Å². The van der Waals surface area contributed by atoms with Gasteiger partial charge in [0.05, 0.1) is 8.07 Å². The van der Waals surface area contributed by atoms with E-state index in [0.29, 0.717) is 10.6 Å². The highest BCUT2D eigenvalue weighted by atomic mass is 28.3. The van der Waals surface area contributed by atoms with Crippen molar-refractivity contribution in [3.8, 4) is 0 Å². The molecule has 0 heterocycles. The van der Waals surface area contributed by atoms with Gasteiger partial charge in [0, 0.05) is 0 Å². The number of rotatable bonds is 2. The molecule has 0 radical (unpaired) electrons. The summed E-state index contributed by atoms with van der Waals surface area (Å²) in [6.45, 7) is 13.8. The second-order valence-corrected chi connectivity index (χ2v) is 10.8. The molecule has 0 aliphatic heterocycles. The molecule has 1 unspecified atom stereocenters. The Kier molecular flexibility index (Phi) is 3.06. The van der Waals surface area contributed by atoms with E-state index in [9.17, 15) is 0 Å². The van der Waals surface area contributed by atoms with E-state index >= 15 is 0 Å². The molecule has 0 aromatic carbocycles. The van der Waals surface area contributed by atoms with E-state index in [0.717, 1.165) is 0 Å². The highest BCUT2D eigenvalue weighted by molar-refractivity contribution is 6.83. The molecule has 0 rings (SSSR count). The standard InChI is InChI=1S/C9H21NSi/c1-8(7-10)11(5,6)9(2,3)4/h7-8,10H,1-6H3. The van der Waals surface area contributed by atoms with Crippen molar-refractivity contribution in [2.24, 2.45) is 0 Å². The van der Waals surface area contributed by atoms with Crippen LogP contribution in [0.15, 0.2) is 0 Å². The van der Waals surface area contributed by atoms with Gasteiger partial charge in [-0.3, -0.25) is 0 Å². The number of hydrogen-bond acceptors (Lipinski definition) is 1. The van der Waals surface area contributed by atoms with E-state index in [-0.39, 0.29) is 0 Å². The van der Waals surface area contributed by atoms with Crippen molar-refractivity contribution < 1.29 is 0 Å². The summed E-state index contributed by atoms with van der Waals surface area (Å²) in [4.78, 5) is 0. The zero-order chi connectivity index (χ0) is 9.28. The topological polar surface area (TPSA) is 23.9 Å². The lowest BCUT2D eigenvalue weighted by atomic mass is 10.2. The van der Waals surface area contributed by atoms with Crippen molar-refractivity contribution in [2.75, 3.05) is 0 Å². The van der Waals surface area contributed by atoms with Gasteiger partial charge in [0.1, 0.15) is 0 Å². The third-order valence-corrected chi connectivity index (χ3v) is 9.63. The summed E-state index contributed by atoms with van der Waals surface area (Å²) in [6.07, 6.45) is 1.61. The van der Waals surface area contributed by atoms with Gasteiger partial charge < -0.3 is 5.41 Å². The third kappa shape index (κ3) is 2.16. The van der Waals surface area contributed by atoms with Crippen LogP contribution in [-0.2, 0) is 0 Å². The Morgan fingerprint density at radius 1 is 1.27 bits per heavy atom. The van der Waals surface area contributed by atoms with Crippen LogP contribution in [0, 0.1) is 5.41 Å². The second kappa shape index (κ2) is 3.09. The number of nitrogens with one attached hydrogen (secondary N) is 1. The van der Waals surface area contributed by atoms with Gasteiger partial charge in [-0.25, -0.2) is 0 Å². The molecule has 0 saturated heterocycles. The number of hydrogen-bond donors (Lipinski definition) is 1. The fourth-order valence-electron chi connectivity index (χ4n) is 0.891. The molecule has 0 amide bonds. The van der Waals surface area contributed by atoms with Gasteiger partial charge in [0.2, 0.25) is 0 Å². The molecular formula is C9H21NSi. The summed E-state index contributed by atoms with van der Waals surface area (Å²) in [5, 5.41) is 7.66. The third-order valence-electron chi connectivity index (χ3n) is 3.32. The van der Waals surface area contributed by atoms with Gasteiger partial charge in [-0.15, -0.1) is 0 Å². The van der Waals surface area contributed by atoms with Gasteiger partial charge in [0.15, 0.2) is 0 Å². The van der Waals surface area contributed by atoms with Crippen LogP contribution in [0.4, 0.5) is 0 Å². The first-order valence-electron chi connectivity index (χ1n) is 4.24. The molecule has 0 aliphatic rings. The van der Waals surface area contributed by atoms with Gasteiger partial charge in [0.25, 0.3) is 0 Å². The highest BCUT2D eigenvalue weighted by Gasteiger charge is 2.38. The molecule has 0 aliphatic carbocycles. The summed E-state index contributed by atoms with van der Waals surface area (Å²) in [5.74, 6) is 0. The first-order valence-corrected chi connectivity index (χ1v) is 7.32. The van der Waals surface area contributed by atoms with Crippen LogP contribution in [0.25, 0.3) is 0 Å². The second-order valence-electron chi connectivity index (χ2n) is 4.93. The minimum Gasteiger partial charge on any atom is -0.313 e. The quantitative estimate of drug-likeness (QED) is 0.485. The summed E-state index contributed by atoms with van der Waals surface area (Å²) in [7, 11) is -1.25. The summed E-state index contributed by atoms with van der Waals surface area (Å²) in [5.41, 5.74) is 0.488. The van der Waals surface area contributed by atoms with Gasteiger partial charge in [-0.1, -0.05) is 40.8 Å². The zero-order valence-electron chi connectivity index (χ0n) is 8.65. The fraction of sp³-hybridized carbons (Fsp3) is 0.889. The van der Waals surface area contributed by atoms with E-state index < -0.39 is 8.07 Å². The van der Waals surface area contributed by atoms with Crippen molar-refractivity contribution in [3.63, 3.8) is 0 Å². The van der Waals surface area contributed by atoms with Crippen LogP contribution < -0.4 is 0 Å². The minimum absolute atomic E-state index is 0.407. The van der Waals surface area contributed by atoms with Crippen molar-refractivity contribution in [3.05, 3.63) is 0 Å². The van der Waals surface area contributed by atoms with Crippen LogP contribution >= 0.6 is 0 Å². The average Bonchev–Trinajstić information content (AvgIpc) is 1.83. The maximum atomic E-state index is 7.25. The molecule has 0 fully saturated rings.